The van der Waals surface area contributed by atoms with E-state index < -0.39 is 23.8 Å². The summed E-state index contributed by atoms with van der Waals surface area (Å²) < 4.78 is 21.6. The number of hydrogen-bond acceptors (Lipinski definition) is 9. The summed E-state index contributed by atoms with van der Waals surface area (Å²) >= 11 is 6.02. The third-order valence-corrected chi connectivity index (χ3v) is 6.69. The van der Waals surface area contributed by atoms with Crippen molar-refractivity contribution in [2.24, 2.45) is 10.9 Å². The van der Waals surface area contributed by atoms with Crippen LogP contribution in [-0.4, -0.2) is 76.9 Å². The van der Waals surface area contributed by atoms with Crippen LogP contribution in [0.3, 0.4) is 0 Å². The number of rotatable bonds is 7. The molecule has 1 amide bonds. The second-order valence-electron chi connectivity index (χ2n) is 8.53. The SMILES string of the molecule is CCOC(=O)C1C(=O)NC(N2CCN(c3ccc(Cl)cc3)CC2)=NC1c1cc(OC)c(OC)c(OC)c1. The topological polar surface area (TPSA) is 102 Å². The van der Waals surface area contributed by atoms with Gasteiger partial charge in [0, 0.05) is 36.9 Å². The minimum absolute atomic E-state index is 0.147. The van der Waals surface area contributed by atoms with Gasteiger partial charge in [-0.3, -0.25) is 14.9 Å². The Morgan fingerprint density at radius 1 is 1.00 bits per heavy atom. The molecule has 2 aliphatic rings. The van der Waals surface area contributed by atoms with E-state index in [1.807, 2.05) is 29.2 Å². The van der Waals surface area contributed by atoms with Gasteiger partial charge in [0.25, 0.3) is 0 Å². The number of nitrogens with one attached hydrogen (secondary N) is 1. The van der Waals surface area contributed by atoms with Gasteiger partial charge in [-0.05, 0) is 48.9 Å². The number of anilines is 1. The molecule has 0 saturated carbocycles. The number of guanidine groups is 1. The van der Waals surface area contributed by atoms with Gasteiger partial charge in [-0.1, -0.05) is 11.6 Å². The number of ether oxygens (including phenoxy) is 4. The van der Waals surface area contributed by atoms with Crippen LogP contribution in [0.1, 0.15) is 18.5 Å². The summed E-state index contributed by atoms with van der Waals surface area (Å²) in [5.41, 5.74) is 1.65. The molecule has 2 unspecified atom stereocenters. The maximum absolute atomic E-state index is 13.3. The van der Waals surface area contributed by atoms with E-state index in [0.29, 0.717) is 46.9 Å². The number of benzene rings is 2. The molecule has 1 fully saturated rings. The fourth-order valence-electron chi connectivity index (χ4n) is 4.57. The van der Waals surface area contributed by atoms with Gasteiger partial charge in [-0.15, -0.1) is 0 Å². The molecule has 2 heterocycles. The van der Waals surface area contributed by atoms with Gasteiger partial charge in [-0.2, -0.15) is 0 Å². The predicted molar refractivity (Wildman–Crippen MR) is 140 cm³/mol. The number of methoxy groups -OCH3 is 3. The Morgan fingerprint density at radius 3 is 2.14 bits per heavy atom. The van der Waals surface area contributed by atoms with Crippen LogP contribution < -0.4 is 24.4 Å². The first kappa shape index (κ1) is 26.4. The lowest BCUT2D eigenvalue weighted by atomic mass is 9.90. The van der Waals surface area contributed by atoms with Gasteiger partial charge in [0.2, 0.25) is 17.6 Å². The summed E-state index contributed by atoms with van der Waals surface area (Å²) in [6, 6.07) is 10.3. The molecule has 0 bridgehead atoms. The lowest BCUT2D eigenvalue weighted by Gasteiger charge is -2.39. The summed E-state index contributed by atoms with van der Waals surface area (Å²) in [6.45, 7) is 4.57. The number of nitrogens with zero attached hydrogens (tertiary/aromatic N) is 3. The molecular formula is C26H31ClN4O6. The van der Waals surface area contributed by atoms with Crippen molar-refractivity contribution in [1.82, 2.24) is 10.2 Å². The molecule has 0 radical (unpaired) electrons. The van der Waals surface area contributed by atoms with Crippen LogP contribution in [-0.2, 0) is 14.3 Å². The third kappa shape index (κ3) is 5.53. The number of carbonyl (C=O) groups excluding carboxylic acids is 2. The summed E-state index contributed by atoms with van der Waals surface area (Å²) in [5, 5.41) is 3.52. The quantitative estimate of drug-likeness (QED) is 0.431. The summed E-state index contributed by atoms with van der Waals surface area (Å²) in [5.74, 6) is -0.653. The Labute approximate surface area is 221 Å². The molecule has 1 saturated heterocycles. The average Bonchev–Trinajstić information content (AvgIpc) is 2.92. The number of carbonyl (C=O) groups is 2. The van der Waals surface area contributed by atoms with Crippen LogP contribution in [0.5, 0.6) is 17.2 Å². The predicted octanol–water partition coefficient (Wildman–Crippen LogP) is 2.89. The summed E-state index contributed by atoms with van der Waals surface area (Å²) in [4.78, 5) is 35.2. The molecule has 2 atom stereocenters. The zero-order valence-electron chi connectivity index (χ0n) is 21.3. The minimum Gasteiger partial charge on any atom is -0.493 e. The van der Waals surface area contributed by atoms with Gasteiger partial charge in [0.05, 0.1) is 27.9 Å². The van der Waals surface area contributed by atoms with E-state index in [2.05, 4.69) is 10.2 Å². The van der Waals surface area contributed by atoms with Crippen molar-refractivity contribution in [3.8, 4) is 17.2 Å². The second-order valence-corrected chi connectivity index (χ2v) is 8.96. The zero-order valence-corrected chi connectivity index (χ0v) is 22.1. The highest BCUT2D eigenvalue weighted by atomic mass is 35.5. The fourth-order valence-corrected chi connectivity index (χ4v) is 4.69. The molecule has 2 aromatic carbocycles. The smallest absolute Gasteiger partial charge is 0.321 e. The number of amides is 1. The Morgan fingerprint density at radius 2 is 1.59 bits per heavy atom. The Balaban J connectivity index is 1.65. The van der Waals surface area contributed by atoms with Crippen molar-refractivity contribution >= 4 is 35.1 Å². The normalized spacial score (nSPS) is 19.6. The van der Waals surface area contributed by atoms with E-state index in [0.717, 1.165) is 18.8 Å². The van der Waals surface area contributed by atoms with E-state index in [-0.39, 0.29) is 6.61 Å². The lowest BCUT2D eigenvalue weighted by molar-refractivity contribution is -0.153. The maximum atomic E-state index is 13.3. The van der Waals surface area contributed by atoms with Crippen molar-refractivity contribution < 1.29 is 28.5 Å². The van der Waals surface area contributed by atoms with Crippen LogP contribution in [0.2, 0.25) is 5.02 Å². The largest absolute Gasteiger partial charge is 0.493 e. The highest BCUT2D eigenvalue weighted by Gasteiger charge is 2.43. The molecule has 0 aromatic heterocycles. The first-order valence-corrected chi connectivity index (χ1v) is 12.4. The highest BCUT2D eigenvalue weighted by Crippen LogP contribution is 2.42. The van der Waals surface area contributed by atoms with Crippen LogP contribution in [0.4, 0.5) is 5.69 Å². The molecule has 4 rings (SSSR count). The van der Waals surface area contributed by atoms with E-state index in [1.54, 1.807) is 19.1 Å². The monoisotopic (exact) mass is 530 g/mol. The van der Waals surface area contributed by atoms with Crippen molar-refractivity contribution in [3.05, 3.63) is 47.0 Å². The number of halogens is 1. The Hall–Kier alpha value is -3.66. The molecule has 1 N–H and O–H groups in total. The lowest BCUT2D eigenvalue weighted by Crippen LogP contribution is -2.57. The van der Waals surface area contributed by atoms with Gasteiger partial charge in [0.15, 0.2) is 17.4 Å². The van der Waals surface area contributed by atoms with E-state index in [1.165, 1.54) is 21.3 Å². The zero-order chi connectivity index (χ0) is 26.5. The molecule has 198 valence electrons. The Bertz CT molecular complexity index is 1140. The first-order chi connectivity index (χ1) is 17.9. The number of piperazine rings is 1. The van der Waals surface area contributed by atoms with Crippen molar-refractivity contribution in [1.29, 1.82) is 0 Å². The fraction of sp³-hybridized carbons (Fsp3) is 0.423. The Kier molecular flexibility index (Phi) is 8.27. The molecule has 2 aliphatic heterocycles. The van der Waals surface area contributed by atoms with Crippen molar-refractivity contribution in [3.63, 3.8) is 0 Å². The molecule has 0 aliphatic carbocycles. The van der Waals surface area contributed by atoms with Gasteiger partial charge < -0.3 is 28.7 Å². The standard InChI is InChI=1S/C26H31ClN4O6/c1-5-37-25(33)21-22(16-14-19(34-2)23(36-4)20(15-16)35-3)28-26(29-24(21)32)31-12-10-30(11-13-31)18-8-6-17(27)7-9-18/h6-9,14-15,21-22H,5,10-13H2,1-4H3,(H,28,29,32). The highest BCUT2D eigenvalue weighted by molar-refractivity contribution is 6.30. The van der Waals surface area contributed by atoms with Gasteiger partial charge in [0.1, 0.15) is 6.04 Å². The van der Waals surface area contributed by atoms with Crippen molar-refractivity contribution in [2.75, 3.05) is 59.0 Å². The average molecular weight is 531 g/mol. The summed E-state index contributed by atoms with van der Waals surface area (Å²) in [6.07, 6.45) is 0. The van der Waals surface area contributed by atoms with Crippen molar-refractivity contribution in [2.45, 2.75) is 13.0 Å². The van der Waals surface area contributed by atoms with Crippen LogP contribution >= 0.6 is 11.6 Å². The molecular weight excluding hydrogens is 500 g/mol. The molecule has 10 nitrogen and oxygen atoms in total. The minimum atomic E-state index is -1.16. The first-order valence-electron chi connectivity index (χ1n) is 12.0. The number of hydrogen-bond donors (Lipinski definition) is 1. The van der Waals surface area contributed by atoms with Gasteiger partial charge in [-0.25, -0.2) is 4.99 Å². The van der Waals surface area contributed by atoms with Crippen LogP contribution in [0.25, 0.3) is 0 Å². The molecule has 2 aromatic rings. The number of aliphatic imine (C=N–C) groups is 1. The molecule has 37 heavy (non-hydrogen) atoms. The van der Waals surface area contributed by atoms with Crippen LogP contribution in [0.15, 0.2) is 41.4 Å². The molecule has 0 spiro atoms. The number of esters is 1. The van der Waals surface area contributed by atoms with E-state index >= 15 is 0 Å². The third-order valence-electron chi connectivity index (χ3n) is 6.43. The molecule has 11 heteroatoms. The summed E-state index contributed by atoms with van der Waals surface area (Å²) in [7, 11) is 4.52. The van der Waals surface area contributed by atoms with E-state index in [4.69, 9.17) is 35.5 Å². The second kappa shape index (κ2) is 11.6. The van der Waals surface area contributed by atoms with Gasteiger partial charge >= 0.3 is 5.97 Å². The van der Waals surface area contributed by atoms with E-state index in [9.17, 15) is 9.59 Å². The maximum Gasteiger partial charge on any atom is 0.321 e. The van der Waals surface area contributed by atoms with Crippen LogP contribution in [0, 0.1) is 5.92 Å².